The van der Waals surface area contributed by atoms with Gasteiger partial charge in [0.05, 0.1) is 13.2 Å². The third-order valence-corrected chi connectivity index (χ3v) is 4.10. The summed E-state index contributed by atoms with van der Waals surface area (Å²) < 4.78 is 11.2. The zero-order valence-corrected chi connectivity index (χ0v) is 15.4. The molecule has 0 aromatic rings. The maximum atomic E-state index is 9.27. The van der Waals surface area contributed by atoms with Crippen molar-refractivity contribution in [3.63, 3.8) is 0 Å². The van der Waals surface area contributed by atoms with Crippen molar-refractivity contribution < 1.29 is 14.6 Å². The highest BCUT2D eigenvalue weighted by Crippen LogP contribution is 2.06. The Balaban J connectivity index is 3.29. The van der Waals surface area contributed by atoms with Crippen LogP contribution >= 0.6 is 23.2 Å². The third kappa shape index (κ3) is 16.8. The maximum Gasteiger partial charge on any atom is 0.104 e. The number of aliphatic hydroxyl groups is 1. The van der Waals surface area contributed by atoms with Crippen LogP contribution in [0.15, 0.2) is 0 Å². The van der Waals surface area contributed by atoms with Crippen LogP contribution in [0.3, 0.4) is 0 Å². The number of hydrogen-bond donors (Lipinski definition) is 1. The summed E-state index contributed by atoms with van der Waals surface area (Å²) in [6.07, 6.45) is 11.3. The van der Waals surface area contributed by atoms with Crippen LogP contribution in [0.25, 0.3) is 0 Å². The van der Waals surface area contributed by atoms with Crippen molar-refractivity contribution in [1.29, 1.82) is 0 Å². The van der Waals surface area contributed by atoms with Gasteiger partial charge in [-0.25, -0.2) is 0 Å². The van der Waals surface area contributed by atoms with Crippen molar-refractivity contribution in [2.45, 2.75) is 70.3 Å². The molecule has 0 heterocycles. The lowest BCUT2D eigenvalue weighted by Gasteiger charge is -2.15. The first-order valence-corrected chi connectivity index (χ1v) is 9.84. The minimum Gasteiger partial charge on any atom is -0.394 e. The quantitative estimate of drug-likeness (QED) is 0.284. The van der Waals surface area contributed by atoms with Gasteiger partial charge in [0, 0.05) is 25.0 Å². The fraction of sp³-hybridized carbons (Fsp3) is 1.00. The van der Waals surface area contributed by atoms with Crippen LogP contribution in [0.4, 0.5) is 0 Å². The largest absolute Gasteiger partial charge is 0.394 e. The smallest absolute Gasteiger partial charge is 0.104 e. The van der Waals surface area contributed by atoms with Gasteiger partial charge >= 0.3 is 0 Å². The molecule has 0 bridgehead atoms. The Morgan fingerprint density at radius 3 is 1.73 bits per heavy atom. The van der Waals surface area contributed by atoms with Gasteiger partial charge in [0.25, 0.3) is 0 Å². The second-order valence-corrected chi connectivity index (χ2v) is 6.42. The molecule has 0 saturated heterocycles. The molecule has 5 heteroatoms. The Labute approximate surface area is 146 Å². The summed E-state index contributed by atoms with van der Waals surface area (Å²) in [7, 11) is 0. The van der Waals surface area contributed by atoms with Crippen LogP contribution < -0.4 is 0 Å². The summed E-state index contributed by atoms with van der Waals surface area (Å²) >= 11 is 11.3. The van der Waals surface area contributed by atoms with Crippen LogP contribution in [0.5, 0.6) is 0 Å². The first-order valence-electron chi connectivity index (χ1n) is 8.77. The SMILES string of the molecule is OCC(COCCCCCCCCl)OCCCCCCCCl. The minimum atomic E-state index is -0.181. The van der Waals surface area contributed by atoms with Crippen molar-refractivity contribution in [3.05, 3.63) is 0 Å². The average Bonchev–Trinajstić information content (AvgIpc) is 2.54. The van der Waals surface area contributed by atoms with Gasteiger partial charge in [-0.2, -0.15) is 0 Å². The van der Waals surface area contributed by atoms with Crippen LogP contribution in [-0.2, 0) is 9.47 Å². The van der Waals surface area contributed by atoms with E-state index in [1.54, 1.807) is 0 Å². The van der Waals surface area contributed by atoms with Crippen molar-refractivity contribution >= 4 is 23.2 Å². The molecule has 1 unspecified atom stereocenters. The van der Waals surface area contributed by atoms with Crippen LogP contribution in [0, 0.1) is 0 Å². The Morgan fingerprint density at radius 2 is 1.18 bits per heavy atom. The Morgan fingerprint density at radius 1 is 0.682 bits per heavy atom. The predicted molar refractivity (Wildman–Crippen MR) is 95.3 cm³/mol. The van der Waals surface area contributed by atoms with Gasteiger partial charge in [-0.05, 0) is 25.7 Å². The molecule has 0 aromatic carbocycles. The van der Waals surface area contributed by atoms with E-state index in [1.165, 1.54) is 32.1 Å². The monoisotopic (exact) mass is 356 g/mol. The van der Waals surface area contributed by atoms with E-state index in [9.17, 15) is 5.11 Å². The highest BCUT2D eigenvalue weighted by Gasteiger charge is 2.07. The highest BCUT2D eigenvalue weighted by molar-refractivity contribution is 6.18. The maximum absolute atomic E-state index is 9.27. The van der Waals surface area contributed by atoms with Gasteiger partial charge in [-0.1, -0.05) is 38.5 Å². The summed E-state index contributed by atoms with van der Waals surface area (Å²) in [5.74, 6) is 1.52. The molecule has 3 nitrogen and oxygen atoms in total. The van der Waals surface area contributed by atoms with Gasteiger partial charge in [0.2, 0.25) is 0 Å². The molecule has 134 valence electrons. The van der Waals surface area contributed by atoms with Gasteiger partial charge in [0.15, 0.2) is 0 Å². The molecule has 1 N–H and O–H groups in total. The van der Waals surface area contributed by atoms with E-state index in [4.69, 9.17) is 32.7 Å². The molecule has 0 amide bonds. The minimum absolute atomic E-state index is 0.0297. The molecular weight excluding hydrogens is 323 g/mol. The van der Waals surface area contributed by atoms with E-state index in [2.05, 4.69) is 0 Å². The first-order chi connectivity index (χ1) is 10.8. The molecule has 0 fully saturated rings. The van der Waals surface area contributed by atoms with Gasteiger partial charge in [-0.3, -0.25) is 0 Å². The van der Waals surface area contributed by atoms with Gasteiger partial charge in [-0.15, -0.1) is 23.2 Å². The number of unbranched alkanes of at least 4 members (excludes halogenated alkanes) is 8. The van der Waals surface area contributed by atoms with Crippen molar-refractivity contribution in [2.75, 3.05) is 38.2 Å². The van der Waals surface area contributed by atoms with Crippen LogP contribution in [0.1, 0.15) is 64.2 Å². The first kappa shape index (κ1) is 22.5. The Kier molecular flexibility index (Phi) is 19.9. The molecule has 0 radical (unpaired) electrons. The molecule has 0 aliphatic heterocycles. The number of alkyl halides is 2. The molecule has 0 rings (SSSR count). The lowest BCUT2D eigenvalue weighted by atomic mass is 10.2. The molecule has 1 atom stereocenters. The summed E-state index contributed by atoms with van der Waals surface area (Å²) in [4.78, 5) is 0. The topological polar surface area (TPSA) is 38.7 Å². The fourth-order valence-electron chi connectivity index (χ4n) is 2.17. The second kappa shape index (κ2) is 19.5. The standard InChI is InChI=1S/C17H34Cl2O3/c18-11-7-3-1-5-9-13-21-16-17(15-20)22-14-10-6-2-4-8-12-19/h17,20H,1-16H2. The van der Waals surface area contributed by atoms with Crippen molar-refractivity contribution in [2.24, 2.45) is 0 Å². The van der Waals surface area contributed by atoms with E-state index in [1.807, 2.05) is 0 Å². The zero-order chi connectivity index (χ0) is 16.3. The summed E-state index contributed by atoms with van der Waals surface area (Å²) in [6, 6.07) is 0. The highest BCUT2D eigenvalue weighted by atomic mass is 35.5. The number of hydrogen-bond acceptors (Lipinski definition) is 3. The number of aliphatic hydroxyl groups excluding tert-OH is 1. The molecule has 0 aliphatic carbocycles. The molecule has 0 saturated carbocycles. The van der Waals surface area contributed by atoms with E-state index >= 15 is 0 Å². The van der Waals surface area contributed by atoms with Crippen LogP contribution in [0.2, 0.25) is 0 Å². The molecule has 0 aromatic heterocycles. The summed E-state index contributed by atoms with van der Waals surface area (Å²) in [5, 5.41) is 9.27. The Bertz CT molecular complexity index is 206. The van der Waals surface area contributed by atoms with Gasteiger partial charge in [0.1, 0.15) is 6.10 Å². The van der Waals surface area contributed by atoms with Crippen molar-refractivity contribution in [3.8, 4) is 0 Å². The third-order valence-electron chi connectivity index (χ3n) is 3.56. The lowest BCUT2D eigenvalue weighted by Crippen LogP contribution is -2.24. The molecule has 22 heavy (non-hydrogen) atoms. The van der Waals surface area contributed by atoms with E-state index < -0.39 is 0 Å². The fourth-order valence-corrected chi connectivity index (χ4v) is 2.55. The molecular formula is C17H34Cl2O3. The number of ether oxygens (including phenoxy) is 2. The van der Waals surface area contributed by atoms with Crippen LogP contribution in [-0.4, -0.2) is 49.4 Å². The average molecular weight is 357 g/mol. The Hall–Kier alpha value is 0.460. The lowest BCUT2D eigenvalue weighted by molar-refractivity contribution is -0.0437. The number of halogens is 2. The summed E-state index contributed by atoms with van der Waals surface area (Å²) in [5.41, 5.74) is 0. The zero-order valence-electron chi connectivity index (χ0n) is 13.9. The second-order valence-electron chi connectivity index (χ2n) is 5.66. The normalized spacial score (nSPS) is 12.7. The van der Waals surface area contributed by atoms with Crippen molar-refractivity contribution in [1.82, 2.24) is 0 Å². The van der Waals surface area contributed by atoms with Gasteiger partial charge < -0.3 is 14.6 Å². The predicted octanol–water partition coefficient (Wildman–Crippen LogP) is 4.76. The molecule has 0 aliphatic rings. The van der Waals surface area contributed by atoms with E-state index in [0.717, 1.165) is 50.5 Å². The van der Waals surface area contributed by atoms with E-state index in [-0.39, 0.29) is 12.7 Å². The summed E-state index contributed by atoms with van der Waals surface area (Å²) in [6.45, 7) is 1.97. The molecule has 0 spiro atoms. The number of rotatable bonds is 18. The van der Waals surface area contributed by atoms with E-state index in [0.29, 0.717) is 13.2 Å².